The molecule has 0 saturated carbocycles. The van der Waals surface area contributed by atoms with Crippen molar-refractivity contribution >= 4 is 11.9 Å². The molecule has 0 aliphatic carbocycles. The minimum Gasteiger partial charge on any atom is -0.459 e. The molecule has 0 amide bonds. The third kappa shape index (κ3) is 6.18. The number of aliphatic hydroxyl groups is 1. The summed E-state index contributed by atoms with van der Waals surface area (Å²) in [4.78, 5) is 23.5. The van der Waals surface area contributed by atoms with Crippen molar-refractivity contribution < 1.29 is 24.2 Å². The van der Waals surface area contributed by atoms with Gasteiger partial charge in [0.15, 0.2) is 0 Å². The molecule has 1 heterocycles. The molecule has 0 aromatic carbocycles. The van der Waals surface area contributed by atoms with Gasteiger partial charge in [0, 0.05) is 6.92 Å². The van der Waals surface area contributed by atoms with Gasteiger partial charge in [0.05, 0.1) is 12.0 Å². The summed E-state index contributed by atoms with van der Waals surface area (Å²) in [5, 5.41) is 9.91. The number of carbonyl (C=O) groups is 2. The number of cyclic esters (lactones) is 1. The lowest BCUT2D eigenvalue weighted by atomic mass is 9.98. The molecule has 5 heteroatoms. The highest BCUT2D eigenvalue weighted by atomic mass is 16.6. The Morgan fingerprint density at radius 3 is 2.82 bits per heavy atom. The molecule has 1 rings (SSSR count). The van der Waals surface area contributed by atoms with E-state index in [0.29, 0.717) is 19.3 Å². The maximum atomic E-state index is 12.2. The van der Waals surface area contributed by atoms with Gasteiger partial charge in [0.2, 0.25) is 0 Å². The van der Waals surface area contributed by atoms with E-state index in [1.807, 2.05) is 6.08 Å². The minimum atomic E-state index is -0.839. The van der Waals surface area contributed by atoms with E-state index in [0.717, 1.165) is 19.3 Å². The Kier molecular flexibility index (Phi) is 8.17. The van der Waals surface area contributed by atoms with Crippen LogP contribution in [0.3, 0.4) is 0 Å². The van der Waals surface area contributed by atoms with Gasteiger partial charge >= 0.3 is 11.9 Å². The number of rotatable bonds is 5. The summed E-state index contributed by atoms with van der Waals surface area (Å²) in [6, 6.07) is 0. The number of unbranched alkanes of at least 4 members (excludes halogenated alkanes) is 2. The number of esters is 2. The summed E-state index contributed by atoms with van der Waals surface area (Å²) < 4.78 is 10.9. The first-order chi connectivity index (χ1) is 10.5. The number of hydrogen-bond donors (Lipinski definition) is 1. The largest absolute Gasteiger partial charge is 0.459 e. The maximum absolute atomic E-state index is 12.2. The quantitative estimate of drug-likeness (QED) is 0.480. The van der Waals surface area contributed by atoms with Crippen LogP contribution in [0.1, 0.15) is 59.3 Å². The zero-order chi connectivity index (χ0) is 16.5. The van der Waals surface area contributed by atoms with Gasteiger partial charge in [-0.05, 0) is 32.6 Å². The highest BCUT2D eigenvalue weighted by Gasteiger charge is 2.31. The van der Waals surface area contributed by atoms with Crippen LogP contribution >= 0.6 is 0 Å². The zero-order valence-corrected chi connectivity index (χ0v) is 13.8. The highest BCUT2D eigenvalue weighted by molar-refractivity contribution is 5.73. The van der Waals surface area contributed by atoms with Crippen LogP contribution in [0, 0.1) is 5.92 Å². The Morgan fingerprint density at radius 1 is 1.45 bits per heavy atom. The lowest BCUT2D eigenvalue weighted by molar-refractivity contribution is -0.172. The summed E-state index contributed by atoms with van der Waals surface area (Å²) in [7, 11) is 0. The molecule has 1 unspecified atom stereocenters. The number of hydrogen-bond acceptors (Lipinski definition) is 5. The van der Waals surface area contributed by atoms with Gasteiger partial charge in [-0.25, -0.2) is 0 Å². The van der Waals surface area contributed by atoms with Gasteiger partial charge in [-0.1, -0.05) is 31.9 Å². The number of carbonyl (C=O) groups excluding carboxylic acids is 2. The topological polar surface area (TPSA) is 72.8 Å². The van der Waals surface area contributed by atoms with Crippen LogP contribution in [0.25, 0.3) is 0 Å². The molecule has 4 atom stereocenters. The molecule has 0 aromatic heterocycles. The zero-order valence-electron chi connectivity index (χ0n) is 13.8. The molecular weight excluding hydrogens is 284 g/mol. The lowest BCUT2D eigenvalue weighted by Crippen LogP contribution is -2.38. The second kappa shape index (κ2) is 9.62. The minimum absolute atomic E-state index is 0.365. The first-order valence-corrected chi connectivity index (χ1v) is 8.18. The molecule has 22 heavy (non-hydrogen) atoms. The predicted octanol–water partition coefficient (Wildman–Crippen LogP) is 2.76. The van der Waals surface area contributed by atoms with Crippen molar-refractivity contribution in [1.29, 1.82) is 0 Å². The molecule has 0 fully saturated rings. The highest BCUT2D eigenvalue weighted by Crippen LogP contribution is 2.22. The molecule has 0 radical (unpaired) electrons. The fraction of sp³-hybridized carbons (Fsp3) is 0.765. The average molecular weight is 312 g/mol. The van der Waals surface area contributed by atoms with Gasteiger partial charge in [-0.3, -0.25) is 9.59 Å². The van der Waals surface area contributed by atoms with Crippen LogP contribution in [0.2, 0.25) is 0 Å². The smallest absolute Gasteiger partial charge is 0.312 e. The van der Waals surface area contributed by atoms with Gasteiger partial charge < -0.3 is 14.6 Å². The van der Waals surface area contributed by atoms with Crippen LogP contribution in [0.4, 0.5) is 0 Å². The van der Waals surface area contributed by atoms with Gasteiger partial charge in [0.25, 0.3) is 0 Å². The third-order valence-electron chi connectivity index (χ3n) is 3.93. The van der Waals surface area contributed by atoms with E-state index in [4.69, 9.17) is 9.47 Å². The van der Waals surface area contributed by atoms with Crippen molar-refractivity contribution in [3.63, 3.8) is 0 Å². The molecule has 1 aliphatic heterocycles. The van der Waals surface area contributed by atoms with Crippen LogP contribution in [0.15, 0.2) is 12.2 Å². The van der Waals surface area contributed by atoms with Gasteiger partial charge in [-0.15, -0.1) is 0 Å². The molecular formula is C17H28O5. The van der Waals surface area contributed by atoms with Gasteiger partial charge in [-0.2, -0.15) is 0 Å². The van der Waals surface area contributed by atoms with E-state index < -0.39 is 30.2 Å². The molecule has 5 nitrogen and oxygen atoms in total. The monoisotopic (exact) mass is 312 g/mol. The van der Waals surface area contributed by atoms with Crippen molar-refractivity contribution in [3.8, 4) is 0 Å². The third-order valence-corrected chi connectivity index (χ3v) is 3.93. The van der Waals surface area contributed by atoms with Crippen molar-refractivity contribution in [2.24, 2.45) is 5.92 Å². The van der Waals surface area contributed by atoms with Crippen molar-refractivity contribution in [1.82, 2.24) is 0 Å². The molecule has 0 bridgehead atoms. The first-order valence-electron chi connectivity index (χ1n) is 8.18. The second-order valence-electron chi connectivity index (χ2n) is 5.90. The fourth-order valence-electron chi connectivity index (χ4n) is 2.51. The summed E-state index contributed by atoms with van der Waals surface area (Å²) in [6.07, 6.45) is 6.68. The van der Waals surface area contributed by atoms with E-state index in [1.165, 1.54) is 6.92 Å². The normalized spacial score (nSPS) is 31.2. The second-order valence-corrected chi connectivity index (χ2v) is 5.90. The molecule has 1 aliphatic rings. The van der Waals surface area contributed by atoms with Crippen LogP contribution in [-0.4, -0.2) is 35.4 Å². The van der Waals surface area contributed by atoms with Crippen LogP contribution in [0.5, 0.6) is 0 Å². The standard InChI is InChI=1S/C17H28O5/c1-4-5-6-10-16-15(21-13(3)18)11-8-7-9-14(19)12(2)17(20)22-16/h7,9,12,14-16,19H,4-6,8,10-11H2,1-3H3/b9-7+/t12-,14-,15+,16?/m1/s1. The van der Waals surface area contributed by atoms with E-state index in [9.17, 15) is 14.7 Å². The van der Waals surface area contributed by atoms with E-state index >= 15 is 0 Å². The number of ether oxygens (including phenoxy) is 2. The SMILES string of the molecule is CCCCCC1OC(=O)[C@H](C)[C@H](O)/C=C/CC[C@@H]1OC(C)=O. The Balaban J connectivity index is 2.86. The average Bonchev–Trinajstić information content (AvgIpc) is 2.47. The summed E-state index contributed by atoms with van der Waals surface area (Å²) in [5.74, 6) is -1.44. The van der Waals surface area contributed by atoms with Crippen molar-refractivity contribution in [3.05, 3.63) is 12.2 Å². The Bertz CT molecular complexity index is 391. The maximum Gasteiger partial charge on any atom is 0.312 e. The van der Waals surface area contributed by atoms with Crippen LogP contribution in [-0.2, 0) is 19.1 Å². The van der Waals surface area contributed by atoms with E-state index in [2.05, 4.69) is 6.92 Å². The lowest BCUT2D eigenvalue weighted by Gasteiger charge is -2.29. The van der Waals surface area contributed by atoms with E-state index in [1.54, 1.807) is 13.0 Å². The van der Waals surface area contributed by atoms with Crippen LogP contribution < -0.4 is 0 Å². The summed E-state index contributed by atoms with van der Waals surface area (Å²) >= 11 is 0. The Morgan fingerprint density at radius 2 is 2.18 bits per heavy atom. The van der Waals surface area contributed by atoms with Crippen molar-refractivity contribution in [2.75, 3.05) is 0 Å². The number of allylic oxidation sites excluding steroid dienone is 1. The molecule has 1 N–H and O–H groups in total. The number of aliphatic hydroxyl groups excluding tert-OH is 1. The first kappa shape index (κ1) is 18.7. The Hall–Kier alpha value is -1.36. The molecule has 0 saturated heterocycles. The fourth-order valence-corrected chi connectivity index (χ4v) is 2.51. The van der Waals surface area contributed by atoms with E-state index in [-0.39, 0.29) is 5.97 Å². The molecule has 0 spiro atoms. The Labute approximate surface area is 132 Å². The molecule has 126 valence electrons. The van der Waals surface area contributed by atoms with Crippen molar-refractivity contribution in [2.45, 2.75) is 77.6 Å². The predicted molar refractivity (Wildman–Crippen MR) is 83.1 cm³/mol. The molecule has 0 aromatic rings. The summed E-state index contributed by atoms with van der Waals surface area (Å²) in [5.41, 5.74) is 0. The van der Waals surface area contributed by atoms with Gasteiger partial charge in [0.1, 0.15) is 12.2 Å². The summed E-state index contributed by atoms with van der Waals surface area (Å²) in [6.45, 7) is 5.11.